The molecule has 1 N–H and O–H groups in total. The zero-order chi connectivity index (χ0) is 21.9. The summed E-state index contributed by atoms with van der Waals surface area (Å²) in [4.78, 5) is 12.7. The van der Waals surface area contributed by atoms with Crippen molar-refractivity contribution in [1.82, 2.24) is 9.62 Å². The average molecular weight is 455 g/mol. The van der Waals surface area contributed by atoms with Gasteiger partial charge in [-0.25, -0.2) is 12.8 Å². The highest BCUT2D eigenvalue weighted by atomic mass is 35.5. The quantitative estimate of drug-likeness (QED) is 0.723. The molecule has 2 aromatic carbocycles. The predicted molar refractivity (Wildman–Crippen MR) is 112 cm³/mol. The van der Waals surface area contributed by atoms with Crippen LogP contribution in [0.15, 0.2) is 47.4 Å². The van der Waals surface area contributed by atoms with Crippen LogP contribution in [0.3, 0.4) is 0 Å². The maximum absolute atomic E-state index is 13.4. The predicted octanol–water partition coefficient (Wildman–Crippen LogP) is 3.59. The summed E-state index contributed by atoms with van der Waals surface area (Å²) in [6.45, 7) is 2.62. The van der Waals surface area contributed by atoms with Crippen LogP contribution in [0.25, 0.3) is 0 Å². The molecule has 0 radical (unpaired) electrons. The van der Waals surface area contributed by atoms with Gasteiger partial charge in [0.05, 0.1) is 17.0 Å². The van der Waals surface area contributed by atoms with Crippen molar-refractivity contribution in [2.45, 2.75) is 31.2 Å². The van der Waals surface area contributed by atoms with E-state index in [0.717, 1.165) is 23.4 Å². The molecule has 1 amide bonds. The number of methoxy groups -OCH3 is 1. The van der Waals surface area contributed by atoms with Gasteiger partial charge in [-0.2, -0.15) is 4.31 Å². The van der Waals surface area contributed by atoms with Crippen LogP contribution in [-0.4, -0.2) is 38.8 Å². The Kier molecular flexibility index (Phi) is 6.69. The molecule has 30 heavy (non-hydrogen) atoms. The van der Waals surface area contributed by atoms with E-state index in [9.17, 15) is 17.6 Å². The van der Waals surface area contributed by atoms with E-state index in [1.165, 1.54) is 10.4 Å². The summed E-state index contributed by atoms with van der Waals surface area (Å²) >= 11 is 5.73. The van der Waals surface area contributed by atoms with Crippen LogP contribution in [0.5, 0.6) is 5.75 Å². The standard InChI is InChI=1S/C21H24ClFN2O4S/c1-21(20(26)24-14-15-3-5-16(29-2)6-4-15)9-11-25(12-10-21)30(27,28)17-7-8-19(23)18(22)13-17/h3-8,13H,9-12,14H2,1-2H3,(H,24,26). The Morgan fingerprint density at radius 3 is 2.40 bits per heavy atom. The molecule has 0 aromatic heterocycles. The topological polar surface area (TPSA) is 75.7 Å². The number of halogens is 2. The first-order valence-corrected chi connectivity index (χ1v) is 11.3. The summed E-state index contributed by atoms with van der Waals surface area (Å²) in [5.41, 5.74) is 0.278. The first kappa shape index (κ1) is 22.5. The van der Waals surface area contributed by atoms with Gasteiger partial charge >= 0.3 is 0 Å². The van der Waals surface area contributed by atoms with Crippen molar-refractivity contribution in [2.75, 3.05) is 20.2 Å². The van der Waals surface area contributed by atoms with Gasteiger partial charge in [0.25, 0.3) is 0 Å². The second-order valence-corrected chi connectivity index (χ2v) is 9.92. The third kappa shape index (κ3) is 4.77. The molecular formula is C21H24ClFN2O4S. The molecule has 2 aromatic rings. The molecule has 0 bridgehead atoms. The number of piperidine rings is 1. The van der Waals surface area contributed by atoms with Crippen LogP contribution >= 0.6 is 11.6 Å². The van der Waals surface area contributed by atoms with Crippen LogP contribution in [0.1, 0.15) is 25.3 Å². The van der Waals surface area contributed by atoms with E-state index >= 15 is 0 Å². The smallest absolute Gasteiger partial charge is 0.243 e. The minimum Gasteiger partial charge on any atom is -0.497 e. The lowest BCUT2D eigenvalue weighted by Crippen LogP contribution is -2.48. The van der Waals surface area contributed by atoms with Crippen molar-refractivity contribution in [3.63, 3.8) is 0 Å². The van der Waals surface area contributed by atoms with Crippen LogP contribution < -0.4 is 10.1 Å². The number of sulfonamides is 1. The number of ether oxygens (including phenoxy) is 1. The lowest BCUT2D eigenvalue weighted by molar-refractivity contribution is -0.132. The van der Waals surface area contributed by atoms with Gasteiger partial charge in [-0.05, 0) is 48.7 Å². The Labute approximate surface area is 181 Å². The van der Waals surface area contributed by atoms with Crippen LogP contribution in [0, 0.1) is 11.2 Å². The van der Waals surface area contributed by atoms with Gasteiger partial charge in [-0.15, -0.1) is 0 Å². The molecule has 162 valence electrons. The Morgan fingerprint density at radius 2 is 1.83 bits per heavy atom. The maximum atomic E-state index is 13.4. The summed E-state index contributed by atoms with van der Waals surface area (Å²) in [6.07, 6.45) is 0.769. The van der Waals surface area contributed by atoms with Gasteiger partial charge in [0.15, 0.2) is 0 Å². The van der Waals surface area contributed by atoms with Gasteiger partial charge in [-0.1, -0.05) is 30.7 Å². The summed E-state index contributed by atoms with van der Waals surface area (Å²) < 4.78 is 45.5. The van der Waals surface area contributed by atoms with E-state index in [1.54, 1.807) is 7.11 Å². The molecule has 3 rings (SSSR count). The van der Waals surface area contributed by atoms with E-state index in [4.69, 9.17) is 16.3 Å². The van der Waals surface area contributed by atoms with Gasteiger partial charge in [-0.3, -0.25) is 4.79 Å². The lowest BCUT2D eigenvalue weighted by atomic mass is 9.80. The van der Waals surface area contributed by atoms with E-state index in [2.05, 4.69) is 5.32 Å². The van der Waals surface area contributed by atoms with Crippen molar-refractivity contribution in [2.24, 2.45) is 5.41 Å². The van der Waals surface area contributed by atoms with E-state index in [0.29, 0.717) is 19.4 Å². The molecule has 9 heteroatoms. The number of hydrogen-bond acceptors (Lipinski definition) is 4. The van der Waals surface area contributed by atoms with Gasteiger partial charge in [0.1, 0.15) is 11.6 Å². The maximum Gasteiger partial charge on any atom is 0.243 e. The molecule has 1 saturated heterocycles. The summed E-state index contributed by atoms with van der Waals surface area (Å²) in [5.74, 6) is -0.0383. The fourth-order valence-electron chi connectivity index (χ4n) is 3.37. The number of hydrogen-bond donors (Lipinski definition) is 1. The largest absolute Gasteiger partial charge is 0.497 e. The van der Waals surface area contributed by atoms with Crippen molar-refractivity contribution in [3.05, 3.63) is 58.9 Å². The van der Waals surface area contributed by atoms with Gasteiger partial charge in [0.2, 0.25) is 15.9 Å². The van der Waals surface area contributed by atoms with E-state index < -0.39 is 21.3 Å². The molecule has 1 heterocycles. The minimum absolute atomic E-state index is 0.0542. The van der Waals surface area contributed by atoms with Gasteiger partial charge < -0.3 is 10.1 Å². The monoisotopic (exact) mass is 454 g/mol. The zero-order valence-electron chi connectivity index (χ0n) is 16.8. The number of rotatable bonds is 6. The second kappa shape index (κ2) is 8.91. The third-order valence-electron chi connectivity index (χ3n) is 5.52. The molecule has 1 fully saturated rings. The minimum atomic E-state index is -3.80. The molecule has 6 nitrogen and oxygen atoms in total. The summed E-state index contributed by atoms with van der Waals surface area (Å²) in [5, 5.41) is 2.70. The fraction of sp³-hybridized carbons (Fsp3) is 0.381. The third-order valence-corrected chi connectivity index (χ3v) is 7.70. The Balaban J connectivity index is 1.61. The molecule has 0 spiro atoms. The fourth-order valence-corrected chi connectivity index (χ4v) is 5.09. The second-order valence-electron chi connectivity index (χ2n) is 7.57. The number of benzene rings is 2. The first-order valence-electron chi connectivity index (χ1n) is 9.52. The number of carbonyl (C=O) groups excluding carboxylic acids is 1. The van der Waals surface area contributed by atoms with Crippen molar-refractivity contribution in [1.29, 1.82) is 0 Å². The Morgan fingerprint density at radius 1 is 1.20 bits per heavy atom. The first-order chi connectivity index (χ1) is 14.2. The van der Waals surface area contributed by atoms with E-state index in [-0.39, 0.29) is 28.9 Å². The number of carbonyl (C=O) groups is 1. The van der Waals surface area contributed by atoms with Crippen LogP contribution in [0.2, 0.25) is 5.02 Å². The molecule has 0 unspecified atom stereocenters. The van der Waals surface area contributed by atoms with Crippen molar-refractivity contribution in [3.8, 4) is 5.75 Å². The molecule has 1 aliphatic rings. The Hall–Kier alpha value is -2.16. The SMILES string of the molecule is COc1ccc(CNC(=O)C2(C)CCN(S(=O)(=O)c3ccc(F)c(Cl)c3)CC2)cc1. The molecule has 0 saturated carbocycles. The highest BCUT2D eigenvalue weighted by molar-refractivity contribution is 7.89. The molecule has 0 atom stereocenters. The zero-order valence-corrected chi connectivity index (χ0v) is 18.4. The van der Waals surface area contributed by atoms with Crippen molar-refractivity contribution < 1.29 is 22.3 Å². The number of amides is 1. The average Bonchev–Trinajstić information content (AvgIpc) is 2.74. The molecular weight excluding hydrogens is 431 g/mol. The highest BCUT2D eigenvalue weighted by Crippen LogP contribution is 2.34. The lowest BCUT2D eigenvalue weighted by Gasteiger charge is -2.37. The normalized spacial score (nSPS) is 16.8. The molecule has 0 aliphatic carbocycles. The number of nitrogens with zero attached hydrogens (tertiary/aromatic N) is 1. The van der Waals surface area contributed by atoms with Crippen molar-refractivity contribution >= 4 is 27.5 Å². The van der Waals surface area contributed by atoms with Gasteiger partial charge in [0, 0.05) is 25.0 Å². The number of nitrogens with one attached hydrogen (secondary N) is 1. The van der Waals surface area contributed by atoms with Crippen LogP contribution in [-0.2, 0) is 21.4 Å². The molecule has 1 aliphatic heterocycles. The van der Waals surface area contributed by atoms with E-state index in [1.807, 2.05) is 31.2 Å². The van der Waals surface area contributed by atoms with Crippen LogP contribution in [0.4, 0.5) is 4.39 Å². The Bertz CT molecular complexity index is 1020. The summed E-state index contributed by atoms with van der Waals surface area (Å²) in [6, 6.07) is 10.8. The highest BCUT2D eigenvalue weighted by Gasteiger charge is 2.40. The summed E-state index contributed by atoms with van der Waals surface area (Å²) in [7, 11) is -2.21.